The SMILES string of the molecule is Cc1ncsc1CCOCc1ccc(Cl)c([N+](=O)[O-])c1. The number of rotatable bonds is 6. The second-order valence-corrected chi connectivity index (χ2v) is 5.55. The molecule has 1 aromatic carbocycles. The van der Waals surface area contributed by atoms with Crippen LogP contribution in [0.5, 0.6) is 0 Å². The summed E-state index contributed by atoms with van der Waals surface area (Å²) in [6.45, 7) is 2.85. The number of nitro groups is 1. The highest BCUT2D eigenvalue weighted by atomic mass is 35.5. The van der Waals surface area contributed by atoms with Crippen LogP contribution in [-0.2, 0) is 17.8 Å². The molecule has 0 aliphatic heterocycles. The monoisotopic (exact) mass is 312 g/mol. The van der Waals surface area contributed by atoms with Gasteiger partial charge in [-0.15, -0.1) is 11.3 Å². The molecule has 0 N–H and O–H groups in total. The van der Waals surface area contributed by atoms with Gasteiger partial charge in [0.25, 0.3) is 5.69 Å². The van der Waals surface area contributed by atoms with E-state index in [1.165, 1.54) is 17.0 Å². The quantitative estimate of drug-likeness (QED) is 0.462. The van der Waals surface area contributed by atoms with E-state index in [1.807, 2.05) is 12.4 Å². The molecule has 0 fully saturated rings. The van der Waals surface area contributed by atoms with Gasteiger partial charge >= 0.3 is 0 Å². The van der Waals surface area contributed by atoms with E-state index in [0.717, 1.165) is 17.7 Å². The molecule has 5 nitrogen and oxygen atoms in total. The van der Waals surface area contributed by atoms with Crippen molar-refractivity contribution in [3.05, 3.63) is 55.0 Å². The Kier molecular flexibility index (Phi) is 5.05. The van der Waals surface area contributed by atoms with E-state index >= 15 is 0 Å². The first-order valence-electron chi connectivity index (χ1n) is 5.97. The first kappa shape index (κ1) is 14.9. The maximum absolute atomic E-state index is 10.8. The zero-order valence-corrected chi connectivity index (χ0v) is 12.4. The molecule has 2 rings (SSSR count). The van der Waals surface area contributed by atoms with Crippen LogP contribution < -0.4 is 0 Å². The first-order valence-corrected chi connectivity index (χ1v) is 7.23. The molecular formula is C13H13ClN2O3S. The molecule has 1 heterocycles. The molecule has 7 heteroatoms. The molecule has 0 aliphatic rings. The van der Waals surface area contributed by atoms with Crippen molar-refractivity contribution in [2.24, 2.45) is 0 Å². The molecule has 0 saturated carbocycles. The highest BCUT2D eigenvalue weighted by Crippen LogP contribution is 2.25. The Morgan fingerprint density at radius 2 is 2.30 bits per heavy atom. The van der Waals surface area contributed by atoms with Crippen molar-refractivity contribution < 1.29 is 9.66 Å². The van der Waals surface area contributed by atoms with Crippen molar-refractivity contribution in [3.63, 3.8) is 0 Å². The fourth-order valence-corrected chi connectivity index (χ4v) is 2.66. The van der Waals surface area contributed by atoms with Gasteiger partial charge in [-0.3, -0.25) is 10.1 Å². The van der Waals surface area contributed by atoms with Crippen molar-refractivity contribution in [3.8, 4) is 0 Å². The molecule has 1 aromatic heterocycles. The maximum Gasteiger partial charge on any atom is 0.288 e. The standard InChI is InChI=1S/C13H13ClN2O3S/c1-9-13(20-8-15-9)4-5-19-7-10-2-3-11(14)12(6-10)16(17)18/h2-3,6,8H,4-5,7H2,1H3. The number of nitro benzene ring substituents is 1. The lowest BCUT2D eigenvalue weighted by Gasteiger charge is -2.04. The number of ether oxygens (including phenoxy) is 1. The summed E-state index contributed by atoms with van der Waals surface area (Å²) >= 11 is 7.36. The minimum Gasteiger partial charge on any atom is -0.376 e. The van der Waals surface area contributed by atoms with Gasteiger partial charge in [-0.2, -0.15) is 0 Å². The minimum atomic E-state index is -0.494. The van der Waals surface area contributed by atoms with Crippen LogP contribution >= 0.6 is 22.9 Å². The Hall–Kier alpha value is -1.50. The second-order valence-electron chi connectivity index (χ2n) is 4.21. The van der Waals surface area contributed by atoms with Crippen LogP contribution in [0.2, 0.25) is 5.02 Å². The van der Waals surface area contributed by atoms with Gasteiger partial charge in [-0.1, -0.05) is 17.7 Å². The Labute approximate surface area is 125 Å². The summed E-state index contributed by atoms with van der Waals surface area (Å²) in [5.41, 5.74) is 3.49. The minimum absolute atomic E-state index is 0.0916. The van der Waals surface area contributed by atoms with Gasteiger partial charge in [0.15, 0.2) is 0 Å². The summed E-state index contributed by atoms with van der Waals surface area (Å²) < 4.78 is 5.54. The summed E-state index contributed by atoms with van der Waals surface area (Å²) in [4.78, 5) is 15.6. The number of benzene rings is 1. The molecule has 0 amide bonds. The molecule has 0 bridgehead atoms. The van der Waals surface area contributed by atoms with Crippen LogP contribution in [-0.4, -0.2) is 16.5 Å². The van der Waals surface area contributed by atoms with Crippen molar-refractivity contribution in [2.75, 3.05) is 6.61 Å². The molecule has 0 spiro atoms. The number of aryl methyl sites for hydroxylation is 1. The second kappa shape index (κ2) is 6.78. The molecule has 0 saturated heterocycles. The van der Waals surface area contributed by atoms with Crippen molar-refractivity contribution in [1.82, 2.24) is 4.98 Å². The maximum atomic E-state index is 10.8. The topological polar surface area (TPSA) is 65.3 Å². The first-order chi connectivity index (χ1) is 9.58. The summed E-state index contributed by atoms with van der Waals surface area (Å²) in [5, 5.41) is 10.9. The lowest BCUT2D eigenvalue weighted by atomic mass is 10.2. The van der Waals surface area contributed by atoms with Crippen LogP contribution in [0.3, 0.4) is 0 Å². The van der Waals surface area contributed by atoms with Gasteiger partial charge in [0.05, 0.1) is 29.3 Å². The summed E-state index contributed by atoms with van der Waals surface area (Å²) in [5.74, 6) is 0. The third-order valence-electron chi connectivity index (χ3n) is 2.79. The average molecular weight is 313 g/mol. The Balaban J connectivity index is 1.87. The zero-order chi connectivity index (χ0) is 14.5. The number of thiazole rings is 1. The molecule has 0 aliphatic carbocycles. The largest absolute Gasteiger partial charge is 0.376 e. The van der Waals surface area contributed by atoms with Crippen molar-refractivity contribution in [1.29, 1.82) is 0 Å². The molecule has 106 valence electrons. The molecule has 0 atom stereocenters. The molecular weight excluding hydrogens is 300 g/mol. The van der Waals surface area contributed by atoms with Crippen molar-refractivity contribution >= 4 is 28.6 Å². The van der Waals surface area contributed by atoms with Gasteiger partial charge in [0, 0.05) is 17.4 Å². The van der Waals surface area contributed by atoms with E-state index in [2.05, 4.69) is 4.98 Å². The van der Waals surface area contributed by atoms with Crippen LogP contribution in [0.15, 0.2) is 23.7 Å². The number of hydrogen-bond acceptors (Lipinski definition) is 5. The number of aromatic nitrogens is 1. The fraction of sp³-hybridized carbons (Fsp3) is 0.308. The third-order valence-corrected chi connectivity index (χ3v) is 4.11. The molecule has 20 heavy (non-hydrogen) atoms. The van der Waals surface area contributed by atoms with E-state index in [1.54, 1.807) is 17.4 Å². The number of hydrogen-bond donors (Lipinski definition) is 0. The van der Waals surface area contributed by atoms with E-state index in [0.29, 0.717) is 13.2 Å². The van der Waals surface area contributed by atoms with Gasteiger partial charge in [-0.25, -0.2) is 4.98 Å². The zero-order valence-electron chi connectivity index (χ0n) is 10.8. The lowest BCUT2D eigenvalue weighted by Crippen LogP contribution is -2.00. The summed E-state index contributed by atoms with van der Waals surface area (Å²) in [6, 6.07) is 4.69. The average Bonchev–Trinajstić information content (AvgIpc) is 2.82. The van der Waals surface area contributed by atoms with E-state index in [4.69, 9.17) is 16.3 Å². The molecule has 2 aromatic rings. The highest BCUT2D eigenvalue weighted by molar-refractivity contribution is 7.09. The third kappa shape index (κ3) is 3.75. The van der Waals surface area contributed by atoms with E-state index in [9.17, 15) is 10.1 Å². The van der Waals surface area contributed by atoms with Crippen LogP contribution in [0.1, 0.15) is 16.1 Å². The summed E-state index contributed by atoms with van der Waals surface area (Å²) in [6.07, 6.45) is 0.798. The van der Waals surface area contributed by atoms with Crippen LogP contribution in [0, 0.1) is 17.0 Å². The van der Waals surface area contributed by atoms with Gasteiger partial charge in [0.2, 0.25) is 0 Å². The predicted octanol–water partition coefficient (Wildman–Crippen LogP) is 3.77. The normalized spacial score (nSPS) is 10.7. The Morgan fingerprint density at radius 1 is 1.50 bits per heavy atom. The van der Waals surface area contributed by atoms with Crippen LogP contribution in [0.4, 0.5) is 5.69 Å². The number of nitrogens with zero attached hydrogens (tertiary/aromatic N) is 2. The van der Waals surface area contributed by atoms with E-state index in [-0.39, 0.29) is 10.7 Å². The number of halogens is 1. The van der Waals surface area contributed by atoms with E-state index < -0.39 is 4.92 Å². The van der Waals surface area contributed by atoms with Gasteiger partial charge in [0.1, 0.15) is 5.02 Å². The lowest BCUT2D eigenvalue weighted by molar-refractivity contribution is -0.384. The van der Waals surface area contributed by atoms with Gasteiger partial charge in [-0.05, 0) is 18.6 Å². The smallest absolute Gasteiger partial charge is 0.288 e. The Morgan fingerprint density at radius 3 is 2.95 bits per heavy atom. The fourth-order valence-electron chi connectivity index (χ4n) is 1.71. The molecule has 0 radical (unpaired) electrons. The van der Waals surface area contributed by atoms with Crippen molar-refractivity contribution in [2.45, 2.75) is 20.0 Å². The summed E-state index contributed by atoms with van der Waals surface area (Å²) in [7, 11) is 0. The highest BCUT2D eigenvalue weighted by Gasteiger charge is 2.12. The predicted molar refractivity (Wildman–Crippen MR) is 78.3 cm³/mol. The Bertz CT molecular complexity index is 615. The molecule has 0 unspecified atom stereocenters. The van der Waals surface area contributed by atoms with Gasteiger partial charge < -0.3 is 4.74 Å². The van der Waals surface area contributed by atoms with Crippen LogP contribution in [0.25, 0.3) is 0 Å².